The molecule has 0 aliphatic rings. The number of aliphatic hydroxyl groups is 1. The molecule has 0 aromatic carbocycles. The highest BCUT2D eigenvalue weighted by Gasteiger charge is 2.17. The van der Waals surface area contributed by atoms with Crippen LogP contribution in [-0.4, -0.2) is 37.4 Å². The van der Waals surface area contributed by atoms with Crippen molar-refractivity contribution >= 4 is 17.2 Å². The first-order chi connectivity index (χ1) is 7.65. The van der Waals surface area contributed by atoms with E-state index >= 15 is 0 Å². The smallest absolute Gasteiger partial charge is 0.242 e. The quantitative estimate of drug-likeness (QED) is 0.651. The molecular weight excluding hydrogens is 228 g/mol. The lowest BCUT2D eigenvalue weighted by Gasteiger charge is -2.13. The Morgan fingerprint density at radius 1 is 1.75 bits per heavy atom. The number of methoxy groups -OCH3 is 1. The molecule has 0 bridgehead atoms. The molecule has 4 N–H and O–H groups in total. The number of hydrogen-bond donors (Lipinski definition) is 3. The van der Waals surface area contributed by atoms with E-state index in [1.807, 2.05) is 11.4 Å². The summed E-state index contributed by atoms with van der Waals surface area (Å²) in [6.07, 6.45) is -0.704. The number of carbonyl (C=O) groups is 1. The average molecular weight is 244 g/mol. The van der Waals surface area contributed by atoms with Crippen LogP contribution in [0.5, 0.6) is 0 Å². The molecule has 1 heterocycles. The predicted molar refractivity (Wildman–Crippen MR) is 62.1 cm³/mol. The van der Waals surface area contributed by atoms with Gasteiger partial charge in [0, 0.05) is 18.5 Å². The van der Waals surface area contributed by atoms with Gasteiger partial charge in [-0.25, -0.2) is 0 Å². The van der Waals surface area contributed by atoms with Crippen LogP contribution in [0.3, 0.4) is 0 Å². The number of rotatable bonds is 6. The van der Waals surface area contributed by atoms with Crippen molar-refractivity contribution in [3.05, 3.63) is 22.4 Å². The Hall–Kier alpha value is -0.950. The zero-order valence-corrected chi connectivity index (χ0v) is 9.87. The van der Waals surface area contributed by atoms with Crippen LogP contribution in [0.2, 0.25) is 0 Å². The number of nitrogens with one attached hydrogen (secondary N) is 1. The van der Waals surface area contributed by atoms with Gasteiger partial charge in [0.05, 0.1) is 12.7 Å². The van der Waals surface area contributed by atoms with Crippen LogP contribution in [0.1, 0.15) is 10.9 Å². The van der Waals surface area contributed by atoms with E-state index in [1.165, 1.54) is 18.4 Å². The van der Waals surface area contributed by atoms with Crippen LogP contribution < -0.4 is 11.1 Å². The molecule has 6 heteroatoms. The Morgan fingerprint density at radius 3 is 3.06 bits per heavy atom. The molecule has 1 aromatic heterocycles. The fourth-order valence-electron chi connectivity index (χ4n) is 1.18. The first kappa shape index (κ1) is 13.1. The molecule has 0 saturated carbocycles. The molecule has 5 nitrogen and oxygen atoms in total. The number of amides is 1. The summed E-state index contributed by atoms with van der Waals surface area (Å²) in [4.78, 5) is 12.4. The van der Waals surface area contributed by atoms with Gasteiger partial charge in [0.15, 0.2) is 0 Å². The van der Waals surface area contributed by atoms with Gasteiger partial charge in [0.2, 0.25) is 5.91 Å². The Balaban J connectivity index is 2.35. The van der Waals surface area contributed by atoms with Gasteiger partial charge >= 0.3 is 0 Å². The van der Waals surface area contributed by atoms with Crippen LogP contribution in [-0.2, 0) is 9.53 Å². The standard InChI is InChI=1S/C10H16N2O3S/c1-15-6-7(13)5-12-10(14)9(11)8-3-2-4-16-8/h2-4,7,9,13H,5-6,11H2,1H3,(H,12,14). The van der Waals surface area contributed by atoms with Crippen molar-refractivity contribution in [1.82, 2.24) is 5.32 Å². The van der Waals surface area contributed by atoms with E-state index in [0.29, 0.717) is 0 Å². The Bertz CT molecular complexity index is 316. The van der Waals surface area contributed by atoms with Gasteiger partial charge < -0.3 is 20.9 Å². The lowest BCUT2D eigenvalue weighted by Crippen LogP contribution is -2.39. The molecule has 0 fully saturated rings. The molecule has 1 rings (SSSR count). The van der Waals surface area contributed by atoms with Crippen molar-refractivity contribution in [1.29, 1.82) is 0 Å². The summed E-state index contributed by atoms with van der Waals surface area (Å²) in [5, 5.41) is 13.8. The first-order valence-electron chi connectivity index (χ1n) is 4.89. The topological polar surface area (TPSA) is 84.6 Å². The number of carbonyl (C=O) groups excluding carboxylic acids is 1. The normalized spacial score (nSPS) is 14.4. The fraction of sp³-hybridized carbons (Fsp3) is 0.500. The van der Waals surface area contributed by atoms with Crippen LogP contribution >= 0.6 is 11.3 Å². The van der Waals surface area contributed by atoms with Crippen LogP contribution in [0.25, 0.3) is 0 Å². The molecule has 90 valence electrons. The van der Waals surface area contributed by atoms with E-state index in [2.05, 4.69) is 5.32 Å². The molecular formula is C10H16N2O3S. The molecule has 1 aromatic rings. The molecule has 2 atom stereocenters. The van der Waals surface area contributed by atoms with Crippen LogP contribution in [0.15, 0.2) is 17.5 Å². The SMILES string of the molecule is COCC(O)CNC(=O)C(N)c1cccs1. The van der Waals surface area contributed by atoms with E-state index in [9.17, 15) is 9.90 Å². The highest BCUT2D eigenvalue weighted by Crippen LogP contribution is 2.16. The lowest BCUT2D eigenvalue weighted by molar-refractivity contribution is -0.123. The minimum absolute atomic E-state index is 0.145. The van der Waals surface area contributed by atoms with Crippen LogP contribution in [0, 0.1) is 0 Å². The minimum atomic E-state index is -0.704. The maximum atomic E-state index is 11.6. The fourth-order valence-corrected chi connectivity index (χ4v) is 1.90. The maximum absolute atomic E-state index is 11.6. The molecule has 0 saturated heterocycles. The minimum Gasteiger partial charge on any atom is -0.389 e. The third-order valence-electron chi connectivity index (χ3n) is 2.00. The monoisotopic (exact) mass is 244 g/mol. The second-order valence-electron chi connectivity index (χ2n) is 3.35. The van der Waals surface area contributed by atoms with Gasteiger partial charge in [-0.1, -0.05) is 6.07 Å². The van der Waals surface area contributed by atoms with E-state index in [0.717, 1.165) is 4.88 Å². The molecule has 0 spiro atoms. The molecule has 0 radical (unpaired) electrons. The zero-order valence-electron chi connectivity index (χ0n) is 9.05. The van der Waals surface area contributed by atoms with E-state index < -0.39 is 12.1 Å². The van der Waals surface area contributed by atoms with E-state index in [1.54, 1.807) is 6.07 Å². The van der Waals surface area contributed by atoms with E-state index in [4.69, 9.17) is 10.5 Å². The van der Waals surface area contributed by atoms with Gasteiger partial charge in [-0.2, -0.15) is 0 Å². The lowest BCUT2D eigenvalue weighted by atomic mass is 10.2. The molecule has 0 aliphatic carbocycles. The molecule has 2 unspecified atom stereocenters. The zero-order chi connectivity index (χ0) is 12.0. The summed E-state index contributed by atoms with van der Waals surface area (Å²) in [5.41, 5.74) is 5.73. The van der Waals surface area contributed by atoms with E-state index in [-0.39, 0.29) is 19.1 Å². The molecule has 0 aliphatic heterocycles. The van der Waals surface area contributed by atoms with Gasteiger partial charge in [0.1, 0.15) is 6.04 Å². The van der Waals surface area contributed by atoms with Gasteiger partial charge in [0.25, 0.3) is 0 Å². The van der Waals surface area contributed by atoms with Crippen LogP contribution in [0.4, 0.5) is 0 Å². The second kappa shape index (κ2) is 6.59. The Morgan fingerprint density at radius 2 is 2.50 bits per heavy atom. The summed E-state index contributed by atoms with van der Waals surface area (Å²) < 4.78 is 4.74. The van der Waals surface area contributed by atoms with Crippen molar-refractivity contribution in [3.8, 4) is 0 Å². The third-order valence-corrected chi connectivity index (χ3v) is 2.96. The Kier molecular flexibility index (Phi) is 5.41. The van der Waals surface area contributed by atoms with Crippen molar-refractivity contribution in [2.75, 3.05) is 20.3 Å². The summed E-state index contributed by atoms with van der Waals surface area (Å²) in [5.74, 6) is -0.294. The maximum Gasteiger partial charge on any atom is 0.242 e. The average Bonchev–Trinajstić information content (AvgIpc) is 2.78. The number of nitrogens with two attached hydrogens (primary N) is 1. The van der Waals surface area contributed by atoms with Gasteiger partial charge in [-0.05, 0) is 11.4 Å². The Labute approximate surface area is 98.2 Å². The van der Waals surface area contributed by atoms with Gasteiger partial charge in [-0.3, -0.25) is 4.79 Å². The number of thiophene rings is 1. The second-order valence-corrected chi connectivity index (χ2v) is 4.33. The largest absolute Gasteiger partial charge is 0.389 e. The summed E-state index contributed by atoms with van der Waals surface area (Å²) in [7, 11) is 1.49. The number of ether oxygens (including phenoxy) is 1. The highest BCUT2D eigenvalue weighted by molar-refractivity contribution is 7.10. The van der Waals surface area contributed by atoms with Gasteiger partial charge in [-0.15, -0.1) is 11.3 Å². The van der Waals surface area contributed by atoms with Crippen molar-refractivity contribution in [2.45, 2.75) is 12.1 Å². The first-order valence-corrected chi connectivity index (χ1v) is 5.76. The predicted octanol–water partition coefficient (Wildman–Crippen LogP) is -0.129. The summed E-state index contributed by atoms with van der Waals surface area (Å²) in [6.45, 7) is 0.334. The van der Waals surface area contributed by atoms with Crippen molar-refractivity contribution < 1.29 is 14.6 Å². The number of hydrogen-bond acceptors (Lipinski definition) is 5. The summed E-state index contributed by atoms with van der Waals surface area (Å²) in [6, 6.07) is 2.97. The highest BCUT2D eigenvalue weighted by atomic mass is 32.1. The molecule has 1 amide bonds. The third kappa shape index (κ3) is 3.90. The van der Waals surface area contributed by atoms with Crippen molar-refractivity contribution in [3.63, 3.8) is 0 Å². The molecule has 16 heavy (non-hydrogen) atoms. The number of aliphatic hydroxyl groups excluding tert-OH is 1. The van der Waals surface area contributed by atoms with Crippen molar-refractivity contribution in [2.24, 2.45) is 5.73 Å². The summed E-state index contributed by atoms with van der Waals surface area (Å²) >= 11 is 1.43.